The minimum atomic E-state index is 0.776. The third-order valence-corrected chi connectivity index (χ3v) is 6.76. The van der Waals surface area contributed by atoms with Crippen LogP contribution in [0.1, 0.15) is 87.5 Å². The maximum Gasteiger partial charge on any atom is 0.0499 e. The molecule has 1 saturated carbocycles. The fourth-order valence-electron chi connectivity index (χ4n) is 5.13. The summed E-state index contributed by atoms with van der Waals surface area (Å²) in [5, 5.41) is 0. The van der Waals surface area contributed by atoms with Gasteiger partial charge in [0.1, 0.15) is 0 Å². The highest BCUT2D eigenvalue weighted by Crippen LogP contribution is 2.39. The lowest BCUT2D eigenvalue weighted by Gasteiger charge is -2.37. The molecule has 0 aromatic heterocycles. The highest BCUT2D eigenvalue weighted by Gasteiger charge is 2.30. The Kier molecular flexibility index (Phi) is 9.94. The Bertz CT molecular complexity index is 254. The normalized spacial score (nSPS) is 31.5. The van der Waals surface area contributed by atoms with E-state index in [0.29, 0.717) is 0 Å². The molecule has 1 heteroatoms. The Hall–Kier alpha value is -0.0400. The molecule has 24 heavy (non-hydrogen) atoms. The number of ether oxygens (including phenoxy) is 1. The standard InChI is InChI=1S/C12H24.C11H22O/c1-9(2)11-7-5-6-8-12(11)10(3)4;1-8(2)10-5-6-12-7-11(10)9(3)4/h9-12H,5-8H2,1-4H3;8-11H,5-7H2,1-4H3. The van der Waals surface area contributed by atoms with Crippen LogP contribution in [-0.4, -0.2) is 13.2 Å². The van der Waals surface area contributed by atoms with Crippen LogP contribution in [-0.2, 0) is 4.74 Å². The van der Waals surface area contributed by atoms with Crippen molar-refractivity contribution in [3.63, 3.8) is 0 Å². The van der Waals surface area contributed by atoms with Gasteiger partial charge in [0.25, 0.3) is 0 Å². The summed E-state index contributed by atoms with van der Waals surface area (Å²) >= 11 is 0. The van der Waals surface area contributed by atoms with E-state index in [4.69, 9.17) is 4.74 Å². The van der Waals surface area contributed by atoms with E-state index in [-0.39, 0.29) is 0 Å². The van der Waals surface area contributed by atoms with Gasteiger partial charge >= 0.3 is 0 Å². The third-order valence-electron chi connectivity index (χ3n) is 6.76. The summed E-state index contributed by atoms with van der Waals surface area (Å²) in [5.74, 6) is 7.10. The fraction of sp³-hybridized carbons (Fsp3) is 1.00. The molecule has 0 spiro atoms. The molecule has 1 saturated heterocycles. The Morgan fingerprint density at radius 3 is 1.25 bits per heavy atom. The van der Waals surface area contributed by atoms with Crippen LogP contribution in [0.25, 0.3) is 0 Å². The molecule has 0 N–H and O–H groups in total. The van der Waals surface area contributed by atoms with Crippen molar-refractivity contribution in [3.8, 4) is 0 Å². The quantitative estimate of drug-likeness (QED) is 0.533. The second-order valence-electron chi connectivity index (χ2n) is 9.78. The number of hydrogen-bond acceptors (Lipinski definition) is 1. The van der Waals surface area contributed by atoms with Gasteiger partial charge in [-0.2, -0.15) is 0 Å². The maximum absolute atomic E-state index is 5.52. The molecule has 1 nitrogen and oxygen atoms in total. The van der Waals surface area contributed by atoms with Gasteiger partial charge in [-0.1, -0.05) is 68.2 Å². The molecular weight excluding hydrogens is 292 g/mol. The zero-order valence-electron chi connectivity index (χ0n) is 18.0. The minimum Gasteiger partial charge on any atom is -0.381 e. The van der Waals surface area contributed by atoms with Gasteiger partial charge in [-0.05, 0) is 66.6 Å². The van der Waals surface area contributed by atoms with Gasteiger partial charge in [-0.15, -0.1) is 0 Å². The van der Waals surface area contributed by atoms with E-state index in [0.717, 1.165) is 60.6 Å². The monoisotopic (exact) mass is 338 g/mol. The SMILES string of the molecule is CC(C)C1CCCCC1C(C)C.CC(C)C1CCOCC1C(C)C. The van der Waals surface area contributed by atoms with Gasteiger partial charge in [0.15, 0.2) is 0 Å². The van der Waals surface area contributed by atoms with Crippen LogP contribution in [0.3, 0.4) is 0 Å². The molecule has 0 aromatic rings. The molecule has 0 aromatic carbocycles. The average molecular weight is 339 g/mol. The van der Waals surface area contributed by atoms with E-state index < -0.39 is 0 Å². The van der Waals surface area contributed by atoms with Crippen molar-refractivity contribution in [1.29, 1.82) is 0 Å². The van der Waals surface area contributed by atoms with Crippen molar-refractivity contribution in [2.45, 2.75) is 87.5 Å². The summed E-state index contributed by atoms with van der Waals surface area (Å²) in [5.41, 5.74) is 0. The molecule has 2 rings (SSSR count). The molecule has 4 unspecified atom stereocenters. The van der Waals surface area contributed by atoms with Gasteiger partial charge in [0, 0.05) is 13.2 Å². The lowest BCUT2D eigenvalue weighted by molar-refractivity contribution is -0.0177. The summed E-state index contributed by atoms with van der Waals surface area (Å²) in [4.78, 5) is 0. The van der Waals surface area contributed by atoms with Crippen LogP contribution in [0.2, 0.25) is 0 Å². The molecule has 0 amide bonds. The molecule has 144 valence electrons. The first kappa shape index (κ1) is 22.0. The van der Waals surface area contributed by atoms with Crippen LogP contribution in [0.4, 0.5) is 0 Å². The second-order valence-corrected chi connectivity index (χ2v) is 9.78. The van der Waals surface area contributed by atoms with Crippen LogP contribution in [0, 0.1) is 47.3 Å². The maximum atomic E-state index is 5.52. The van der Waals surface area contributed by atoms with Crippen molar-refractivity contribution in [3.05, 3.63) is 0 Å². The highest BCUT2D eigenvalue weighted by molar-refractivity contribution is 4.79. The van der Waals surface area contributed by atoms with Crippen LogP contribution >= 0.6 is 0 Å². The Morgan fingerprint density at radius 2 is 0.917 bits per heavy atom. The summed E-state index contributed by atoms with van der Waals surface area (Å²) in [6.07, 6.45) is 7.19. The first-order valence-electron chi connectivity index (χ1n) is 10.8. The fourth-order valence-corrected chi connectivity index (χ4v) is 5.13. The van der Waals surface area contributed by atoms with Crippen LogP contribution < -0.4 is 0 Å². The molecule has 1 heterocycles. The van der Waals surface area contributed by atoms with Crippen molar-refractivity contribution < 1.29 is 4.74 Å². The number of rotatable bonds is 4. The van der Waals surface area contributed by atoms with Crippen molar-refractivity contribution in [1.82, 2.24) is 0 Å². The van der Waals surface area contributed by atoms with Gasteiger partial charge in [-0.3, -0.25) is 0 Å². The Morgan fingerprint density at radius 1 is 0.542 bits per heavy atom. The zero-order chi connectivity index (χ0) is 18.3. The van der Waals surface area contributed by atoms with Crippen LogP contribution in [0.5, 0.6) is 0 Å². The van der Waals surface area contributed by atoms with Gasteiger partial charge in [-0.25, -0.2) is 0 Å². The highest BCUT2D eigenvalue weighted by atomic mass is 16.5. The predicted molar refractivity (Wildman–Crippen MR) is 107 cm³/mol. The lowest BCUT2D eigenvalue weighted by Crippen LogP contribution is -2.34. The first-order valence-corrected chi connectivity index (χ1v) is 10.8. The third kappa shape index (κ3) is 6.70. The molecule has 2 aliphatic rings. The molecule has 2 fully saturated rings. The second kappa shape index (κ2) is 10.8. The first-order chi connectivity index (χ1) is 11.3. The summed E-state index contributed by atoms with van der Waals surface area (Å²) in [6.45, 7) is 20.8. The smallest absolute Gasteiger partial charge is 0.0499 e. The summed E-state index contributed by atoms with van der Waals surface area (Å²) in [6, 6.07) is 0. The van der Waals surface area contributed by atoms with Crippen molar-refractivity contribution in [2.24, 2.45) is 47.3 Å². The predicted octanol–water partition coefficient (Wildman–Crippen LogP) is 7.06. The average Bonchev–Trinajstić information content (AvgIpc) is 2.55. The summed E-state index contributed by atoms with van der Waals surface area (Å²) in [7, 11) is 0. The summed E-state index contributed by atoms with van der Waals surface area (Å²) < 4.78 is 5.52. The molecule has 4 atom stereocenters. The topological polar surface area (TPSA) is 9.23 Å². The van der Waals surface area contributed by atoms with E-state index in [2.05, 4.69) is 55.4 Å². The molecule has 1 aliphatic heterocycles. The van der Waals surface area contributed by atoms with E-state index in [1.807, 2.05) is 0 Å². The molecule has 0 bridgehead atoms. The van der Waals surface area contributed by atoms with Gasteiger partial charge in [0.05, 0.1) is 0 Å². The van der Waals surface area contributed by atoms with Crippen molar-refractivity contribution >= 4 is 0 Å². The molecule has 0 radical (unpaired) electrons. The van der Waals surface area contributed by atoms with E-state index in [1.54, 1.807) is 0 Å². The zero-order valence-corrected chi connectivity index (χ0v) is 18.0. The Labute approximate surface area is 153 Å². The Balaban J connectivity index is 0.000000240. The van der Waals surface area contributed by atoms with E-state index in [1.165, 1.54) is 32.1 Å². The van der Waals surface area contributed by atoms with Gasteiger partial charge < -0.3 is 4.74 Å². The molecule has 1 aliphatic carbocycles. The van der Waals surface area contributed by atoms with E-state index in [9.17, 15) is 0 Å². The minimum absolute atomic E-state index is 0.776. The van der Waals surface area contributed by atoms with Crippen molar-refractivity contribution in [2.75, 3.05) is 13.2 Å². The number of hydrogen-bond donors (Lipinski definition) is 0. The lowest BCUT2D eigenvalue weighted by atomic mass is 9.69. The van der Waals surface area contributed by atoms with Gasteiger partial charge in [0.2, 0.25) is 0 Å². The molecular formula is C23H46O. The van der Waals surface area contributed by atoms with E-state index >= 15 is 0 Å². The van der Waals surface area contributed by atoms with Crippen LogP contribution in [0.15, 0.2) is 0 Å². The largest absolute Gasteiger partial charge is 0.381 e.